The minimum Gasteiger partial charge on any atom is -0.496 e. The molecule has 0 aliphatic carbocycles. The van der Waals surface area contributed by atoms with Crippen LogP contribution in [0.15, 0.2) is 58.0 Å². The molecule has 0 heterocycles. The zero-order valence-corrected chi connectivity index (χ0v) is 15.2. The second-order valence-corrected chi connectivity index (χ2v) is 6.03. The molecule has 2 N–H and O–H groups in total. The standard InChI is InChI=1S/C18H22BrN3O/c1-13(15-7-5-4-6-8-15)22-18(20-2)21-12-14-9-10-17(23-3)16(19)11-14/h4-11,13H,12H2,1-3H3,(H2,20,21,22). The first-order valence-corrected chi connectivity index (χ1v) is 8.28. The number of aliphatic imine (C=N–C) groups is 1. The molecule has 0 fully saturated rings. The largest absolute Gasteiger partial charge is 0.496 e. The summed E-state index contributed by atoms with van der Waals surface area (Å²) in [6.45, 7) is 2.80. The number of methoxy groups -OCH3 is 1. The molecule has 0 aromatic heterocycles. The molecular formula is C18H22BrN3O. The van der Waals surface area contributed by atoms with Crippen LogP contribution in [0.5, 0.6) is 5.75 Å². The van der Waals surface area contributed by atoms with Crippen molar-refractivity contribution in [3.8, 4) is 5.75 Å². The Morgan fingerprint density at radius 1 is 1.22 bits per heavy atom. The minimum atomic E-state index is 0.185. The van der Waals surface area contributed by atoms with E-state index in [4.69, 9.17) is 4.74 Å². The monoisotopic (exact) mass is 375 g/mol. The quantitative estimate of drug-likeness (QED) is 0.615. The molecule has 2 rings (SSSR count). The molecule has 0 bridgehead atoms. The summed E-state index contributed by atoms with van der Waals surface area (Å²) in [6.07, 6.45) is 0. The van der Waals surface area contributed by atoms with Crippen molar-refractivity contribution in [2.75, 3.05) is 14.2 Å². The van der Waals surface area contributed by atoms with Crippen molar-refractivity contribution in [1.29, 1.82) is 0 Å². The van der Waals surface area contributed by atoms with E-state index in [0.717, 1.165) is 21.7 Å². The summed E-state index contributed by atoms with van der Waals surface area (Å²) in [7, 11) is 3.44. The van der Waals surface area contributed by atoms with Gasteiger partial charge in [-0.25, -0.2) is 0 Å². The van der Waals surface area contributed by atoms with Gasteiger partial charge in [0.15, 0.2) is 5.96 Å². The molecule has 1 unspecified atom stereocenters. The van der Waals surface area contributed by atoms with Gasteiger partial charge in [-0.3, -0.25) is 4.99 Å². The van der Waals surface area contributed by atoms with Gasteiger partial charge in [0.05, 0.1) is 17.6 Å². The van der Waals surface area contributed by atoms with Gasteiger partial charge in [-0.05, 0) is 46.1 Å². The molecule has 0 saturated carbocycles. The Morgan fingerprint density at radius 3 is 2.57 bits per heavy atom. The number of nitrogens with zero attached hydrogens (tertiary/aromatic N) is 1. The van der Waals surface area contributed by atoms with E-state index < -0.39 is 0 Å². The normalized spacial score (nSPS) is 12.6. The summed E-state index contributed by atoms with van der Waals surface area (Å²) < 4.78 is 6.19. The van der Waals surface area contributed by atoms with Crippen LogP contribution in [0.25, 0.3) is 0 Å². The second kappa shape index (κ2) is 8.58. The van der Waals surface area contributed by atoms with Gasteiger partial charge < -0.3 is 15.4 Å². The lowest BCUT2D eigenvalue weighted by Gasteiger charge is -2.18. The summed E-state index contributed by atoms with van der Waals surface area (Å²) in [4.78, 5) is 4.28. The fourth-order valence-electron chi connectivity index (χ4n) is 2.23. The third-order valence-corrected chi connectivity index (χ3v) is 4.17. The average Bonchev–Trinajstić information content (AvgIpc) is 2.59. The van der Waals surface area contributed by atoms with E-state index in [2.05, 4.69) is 50.6 Å². The highest BCUT2D eigenvalue weighted by atomic mass is 79.9. The van der Waals surface area contributed by atoms with Crippen LogP contribution in [-0.2, 0) is 6.54 Å². The molecule has 0 saturated heterocycles. The highest BCUT2D eigenvalue weighted by Gasteiger charge is 2.07. The van der Waals surface area contributed by atoms with Crippen molar-refractivity contribution in [1.82, 2.24) is 10.6 Å². The van der Waals surface area contributed by atoms with Gasteiger partial charge in [0.1, 0.15) is 5.75 Å². The molecule has 0 aliphatic rings. The molecular weight excluding hydrogens is 354 g/mol. The van der Waals surface area contributed by atoms with Crippen LogP contribution in [0, 0.1) is 0 Å². The summed E-state index contributed by atoms with van der Waals surface area (Å²) in [5, 5.41) is 6.72. The molecule has 4 nitrogen and oxygen atoms in total. The molecule has 5 heteroatoms. The summed E-state index contributed by atoms with van der Waals surface area (Å²) >= 11 is 3.50. The van der Waals surface area contributed by atoms with E-state index >= 15 is 0 Å². The first-order valence-electron chi connectivity index (χ1n) is 7.48. The third kappa shape index (κ3) is 4.99. The maximum atomic E-state index is 5.24. The maximum absolute atomic E-state index is 5.24. The van der Waals surface area contributed by atoms with Crippen LogP contribution in [0.1, 0.15) is 24.1 Å². The lowest BCUT2D eigenvalue weighted by Crippen LogP contribution is -2.38. The van der Waals surface area contributed by atoms with Crippen LogP contribution < -0.4 is 15.4 Å². The van der Waals surface area contributed by atoms with Gasteiger partial charge in [-0.15, -0.1) is 0 Å². The molecule has 0 aliphatic heterocycles. The number of benzene rings is 2. The number of nitrogens with one attached hydrogen (secondary N) is 2. The maximum Gasteiger partial charge on any atom is 0.191 e. The number of rotatable bonds is 5. The molecule has 2 aromatic carbocycles. The summed E-state index contributed by atoms with van der Waals surface area (Å²) in [5.41, 5.74) is 2.37. The van der Waals surface area contributed by atoms with Crippen LogP contribution >= 0.6 is 15.9 Å². The van der Waals surface area contributed by atoms with E-state index in [-0.39, 0.29) is 6.04 Å². The summed E-state index contributed by atoms with van der Waals surface area (Å²) in [5.74, 6) is 1.60. The number of ether oxygens (including phenoxy) is 1. The number of guanidine groups is 1. The van der Waals surface area contributed by atoms with E-state index in [1.165, 1.54) is 5.56 Å². The Bertz CT molecular complexity index is 659. The Morgan fingerprint density at radius 2 is 1.96 bits per heavy atom. The van der Waals surface area contributed by atoms with Crippen LogP contribution in [0.3, 0.4) is 0 Å². The smallest absolute Gasteiger partial charge is 0.191 e. The van der Waals surface area contributed by atoms with Gasteiger partial charge in [0.25, 0.3) is 0 Å². The van der Waals surface area contributed by atoms with Crippen molar-refractivity contribution < 1.29 is 4.74 Å². The van der Waals surface area contributed by atoms with E-state index in [1.54, 1.807) is 14.2 Å². The van der Waals surface area contributed by atoms with Gasteiger partial charge in [0, 0.05) is 13.6 Å². The highest BCUT2D eigenvalue weighted by Crippen LogP contribution is 2.25. The van der Waals surface area contributed by atoms with Crippen LogP contribution in [0.4, 0.5) is 0 Å². The lowest BCUT2D eigenvalue weighted by molar-refractivity contribution is 0.412. The zero-order valence-electron chi connectivity index (χ0n) is 13.6. The van der Waals surface area contributed by atoms with Crippen LogP contribution in [-0.4, -0.2) is 20.1 Å². The second-order valence-electron chi connectivity index (χ2n) is 5.17. The highest BCUT2D eigenvalue weighted by molar-refractivity contribution is 9.10. The predicted octanol–water partition coefficient (Wildman–Crippen LogP) is 3.88. The lowest BCUT2D eigenvalue weighted by atomic mass is 10.1. The minimum absolute atomic E-state index is 0.185. The fourth-order valence-corrected chi connectivity index (χ4v) is 2.82. The number of hydrogen-bond donors (Lipinski definition) is 2. The Kier molecular flexibility index (Phi) is 6.47. The number of halogens is 1. The third-order valence-electron chi connectivity index (χ3n) is 3.55. The molecule has 0 amide bonds. The van der Waals surface area contributed by atoms with E-state index in [0.29, 0.717) is 6.54 Å². The fraction of sp³-hybridized carbons (Fsp3) is 0.278. The molecule has 0 spiro atoms. The molecule has 23 heavy (non-hydrogen) atoms. The molecule has 122 valence electrons. The molecule has 2 aromatic rings. The van der Waals surface area contributed by atoms with Gasteiger partial charge in [-0.2, -0.15) is 0 Å². The van der Waals surface area contributed by atoms with Crippen LogP contribution in [0.2, 0.25) is 0 Å². The SMILES string of the molecule is CN=C(NCc1ccc(OC)c(Br)c1)NC(C)c1ccccc1. The van der Waals surface area contributed by atoms with E-state index in [9.17, 15) is 0 Å². The average molecular weight is 376 g/mol. The molecule has 1 atom stereocenters. The Balaban J connectivity index is 1.94. The van der Waals surface area contributed by atoms with Crippen molar-refractivity contribution in [2.45, 2.75) is 19.5 Å². The summed E-state index contributed by atoms with van der Waals surface area (Å²) in [6, 6.07) is 16.5. The van der Waals surface area contributed by atoms with Gasteiger partial charge in [-0.1, -0.05) is 36.4 Å². The zero-order chi connectivity index (χ0) is 16.7. The van der Waals surface area contributed by atoms with Gasteiger partial charge in [0.2, 0.25) is 0 Å². The number of hydrogen-bond acceptors (Lipinski definition) is 2. The van der Waals surface area contributed by atoms with Gasteiger partial charge >= 0.3 is 0 Å². The predicted molar refractivity (Wildman–Crippen MR) is 98.9 cm³/mol. The topological polar surface area (TPSA) is 45.7 Å². The Labute approximate surface area is 146 Å². The first-order chi connectivity index (χ1) is 11.1. The first kappa shape index (κ1) is 17.3. The van der Waals surface area contributed by atoms with Crippen molar-refractivity contribution >= 4 is 21.9 Å². The molecule has 0 radical (unpaired) electrons. The van der Waals surface area contributed by atoms with Crippen molar-refractivity contribution in [3.05, 3.63) is 64.1 Å². The van der Waals surface area contributed by atoms with E-state index in [1.807, 2.05) is 36.4 Å². The van der Waals surface area contributed by atoms with Crippen molar-refractivity contribution in [3.63, 3.8) is 0 Å². The van der Waals surface area contributed by atoms with Crippen molar-refractivity contribution in [2.24, 2.45) is 4.99 Å². The Hall–Kier alpha value is -2.01.